The van der Waals surface area contributed by atoms with E-state index in [0.717, 1.165) is 0 Å². The molecule has 0 spiro atoms. The molecule has 0 aromatic heterocycles. The maximum Gasteiger partial charge on any atom is 0.173 e. The van der Waals surface area contributed by atoms with E-state index in [1.165, 1.54) is 13.2 Å². The van der Waals surface area contributed by atoms with Crippen molar-refractivity contribution >= 4 is 27.5 Å². The van der Waals surface area contributed by atoms with Crippen LogP contribution in [0.1, 0.15) is 0 Å². The summed E-state index contributed by atoms with van der Waals surface area (Å²) in [6.07, 6.45) is 0. The monoisotopic (exact) mass is 238 g/mol. The van der Waals surface area contributed by atoms with E-state index in [4.69, 9.17) is 16.3 Å². The van der Waals surface area contributed by atoms with Gasteiger partial charge in [-0.05, 0) is 12.1 Å². The molecule has 0 radical (unpaired) electrons. The summed E-state index contributed by atoms with van der Waals surface area (Å²) >= 11 is 8.74. The molecule has 0 amide bonds. The molecule has 1 aromatic rings. The molecule has 0 N–H and O–H groups in total. The van der Waals surface area contributed by atoms with E-state index in [1.54, 1.807) is 6.07 Å². The topological polar surface area (TPSA) is 9.23 Å². The van der Waals surface area contributed by atoms with Crippen LogP contribution in [0.15, 0.2) is 16.6 Å². The van der Waals surface area contributed by atoms with Gasteiger partial charge in [-0.1, -0.05) is 27.5 Å². The van der Waals surface area contributed by atoms with Gasteiger partial charge in [0.05, 0.1) is 12.1 Å². The highest BCUT2D eigenvalue weighted by Crippen LogP contribution is 2.30. The summed E-state index contributed by atoms with van der Waals surface area (Å²) in [5.41, 5.74) is 0. The van der Waals surface area contributed by atoms with Crippen LogP contribution in [0.25, 0.3) is 0 Å². The van der Waals surface area contributed by atoms with E-state index in [0.29, 0.717) is 4.47 Å². The molecule has 11 heavy (non-hydrogen) atoms. The average molecular weight is 239 g/mol. The molecule has 0 heterocycles. The fraction of sp³-hybridized carbons (Fsp3) is 0.143. The molecule has 1 nitrogen and oxygen atoms in total. The predicted octanol–water partition coefficient (Wildman–Crippen LogP) is 3.25. The lowest BCUT2D eigenvalue weighted by atomic mass is 10.3. The predicted molar refractivity (Wildman–Crippen MR) is 45.7 cm³/mol. The minimum atomic E-state index is -0.466. The zero-order chi connectivity index (χ0) is 8.43. The van der Waals surface area contributed by atoms with Gasteiger partial charge in [0, 0.05) is 4.47 Å². The van der Waals surface area contributed by atoms with Crippen LogP contribution in [0, 0.1) is 5.82 Å². The number of ether oxygens (including phenoxy) is 1. The van der Waals surface area contributed by atoms with Crippen molar-refractivity contribution in [3.63, 3.8) is 0 Å². The Bertz CT molecular complexity index is 254. The van der Waals surface area contributed by atoms with Gasteiger partial charge < -0.3 is 4.74 Å². The second-order valence-corrected chi connectivity index (χ2v) is 3.23. The largest absolute Gasteiger partial charge is 0.492 e. The van der Waals surface area contributed by atoms with Crippen LogP contribution in [0.4, 0.5) is 4.39 Å². The first-order valence-electron chi connectivity index (χ1n) is 2.83. The van der Waals surface area contributed by atoms with Gasteiger partial charge >= 0.3 is 0 Å². The number of benzene rings is 1. The Morgan fingerprint density at radius 2 is 2.18 bits per heavy atom. The molecular weight excluding hydrogens is 234 g/mol. The molecule has 0 fully saturated rings. The summed E-state index contributed by atoms with van der Waals surface area (Å²) in [5, 5.41) is 0.263. The summed E-state index contributed by atoms with van der Waals surface area (Å²) in [5.74, 6) is -0.387. The highest BCUT2D eigenvalue weighted by atomic mass is 79.9. The Hall–Kier alpha value is -0.280. The van der Waals surface area contributed by atoms with E-state index in [-0.39, 0.29) is 10.8 Å². The maximum atomic E-state index is 12.9. The van der Waals surface area contributed by atoms with Crippen molar-refractivity contribution in [1.29, 1.82) is 0 Å². The molecule has 0 atom stereocenters. The van der Waals surface area contributed by atoms with Gasteiger partial charge in [-0.3, -0.25) is 0 Å². The Morgan fingerprint density at radius 3 is 2.64 bits per heavy atom. The van der Waals surface area contributed by atoms with Crippen molar-refractivity contribution in [3.8, 4) is 5.75 Å². The molecule has 1 rings (SSSR count). The van der Waals surface area contributed by atoms with Gasteiger partial charge in [0.15, 0.2) is 11.6 Å². The van der Waals surface area contributed by atoms with E-state index in [2.05, 4.69) is 15.9 Å². The van der Waals surface area contributed by atoms with Crippen LogP contribution in [0.5, 0.6) is 5.75 Å². The molecule has 0 aliphatic rings. The van der Waals surface area contributed by atoms with Crippen LogP contribution in [0.3, 0.4) is 0 Å². The van der Waals surface area contributed by atoms with Crippen LogP contribution < -0.4 is 4.74 Å². The van der Waals surface area contributed by atoms with Gasteiger partial charge in [-0.2, -0.15) is 0 Å². The van der Waals surface area contributed by atoms with Crippen molar-refractivity contribution in [1.82, 2.24) is 0 Å². The third-order valence-electron chi connectivity index (χ3n) is 1.17. The standard InChI is InChI=1S/C7H5BrClFO/c1-11-7-5(9)2-4(8)3-6(7)10/h2-3H,1H3. The molecule has 0 aliphatic carbocycles. The lowest BCUT2D eigenvalue weighted by molar-refractivity contribution is 0.386. The number of hydrogen-bond acceptors (Lipinski definition) is 1. The Morgan fingerprint density at radius 1 is 1.55 bits per heavy atom. The molecule has 0 saturated carbocycles. The average Bonchev–Trinajstić information content (AvgIpc) is 1.85. The van der Waals surface area contributed by atoms with Crippen LogP contribution in [0.2, 0.25) is 5.02 Å². The minimum absolute atomic E-state index is 0.0786. The highest BCUT2D eigenvalue weighted by molar-refractivity contribution is 9.10. The molecule has 0 aliphatic heterocycles. The van der Waals surface area contributed by atoms with Crippen molar-refractivity contribution in [3.05, 3.63) is 27.4 Å². The van der Waals surface area contributed by atoms with Gasteiger partial charge in [-0.15, -0.1) is 0 Å². The highest BCUT2D eigenvalue weighted by Gasteiger charge is 2.07. The van der Waals surface area contributed by atoms with Gasteiger partial charge in [0.2, 0.25) is 0 Å². The second-order valence-electron chi connectivity index (χ2n) is 1.90. The van der Waals surface area contributed by atoms with Gasteiger partial charge in [0.1, 0.15) is 0 Å². The van der Waals surface area contributed by atoms with Crippen molar-refractivity contribution in [2.45, 2.75) is 0 Å². The molecular formula is C7H5BrClFO. The Kier molecular flexibility index (Phi) is 2.73. The molecule has 1 aromatic carbocycles. The molecule has 0 unspecified atom stereocenters. The van der Waals surface area contributed by atoms with Crippen molar-refractivity contribution < 1.29 is 9.13 Å². The molecule has 0 saturated heterocycles. The zero-order valence-electron chi connectivity index (χ0n) is 5.70. The zero-order valence-corrected chi connectivity index (χ0v) is 8.04. The first-order valence-corrected chi connectivity index (χ1v) is 4.00. The van der Waals surface area contributed by atoms with Crippen molar-refractivity contribution in [2.75, 3.05) is 7.11 Å². The first-order chi connectivity index (χ1) is 5.15. The van der Waals surface area contributed by atoms with Crippen LogP contribution in [-0.2, 0) is 0 Å². The second kappa shape index (κ2) is 3.41. The molecule has 4 heteroatoms. The Balaban J connectivity index is 3.25. The maximum absolute atomic E-state index is 12.9. The summed E-state index contributed by atoms with van der Waals surface area (Å²) < 4.78 is 18.2. The van der Waals surface area contributed by atoms with E-state index in [9.17, 15) is 4.39 Å². The van der Waals surface area contributed by atoms with Gasteiger partial charge in [-0.25, -0.2) is 4.39 Å². The number of rotatable bonds is 1. The SMILES string of the molecule is COc1c(F)cc(Br)cc1Cl. The summed E-state index contributed by atoms with van der Waals surface area (Å²) in [4.78, 5) is 0. The normalized spacial score (nSPS) is 9.82. The lowest BCUT2D eigenvalue weighted by Crippen LogP contribution is -1.88. The van der Waals surface area contributed by atoms with E-state index >= 15 is 0 Å². The van der Waals surface area contributed by atoms with Gasteiger partial charge in [0.25, 0.3) is 0 Å². The smallest absolute Gasteiger partial charge is 0.173 e. The quantitative estimate of drug-likeness (QED) is 0.731. The fourth-order valence-electron chi connectivity index (χ4n) is 0.724. The third kappa shape index (κ3) is 1.84. The summed E-state index contributed by atoms with van der Waals surface area (Å²) in [7, 11) is 1.37. The molecule has 60 valence electrons. The van der Waals surface area contributed by atoms with Crippen LogP contribution in [-0.4, -0.2) is 7.11 Å². The third-order valence-corrected chi connectivity index (χ3v) is 1.91. The van der Waals surface area contributed by atoms with Crippen molar-refractivity contribution in [2.24, 2.45) is 0 Å². The lowest BCUT2D eigenvalue weighted by Gasteiger charge is -2.03. The Labute approximate surface area is 77.2 Å². The van der Waals surface area contributed by atoms with E-state index in [1.807, 2.05) is 0 Å². The first kappa shape index (κ1) is 8.81. The summed E-state index contributed by atoms with van der Waals surface area (Å²) in [6.45, 7) is 0. The minimum Gasteiger partial charge on any atom is -0.492 e. The summed E-state index contributed by atoms with van der Waals surface area (Å²) in [6, 6.07) is 2.87. The molecule has 0 bridgehead atoms. The fourth-order valence-corrected chi connectivity index (χ4v) is 1.57. The van der Waals surface area contributed by atoms with Crippen LogP contribution >= 0.6 is 27.5 Å². The van der Waals surface area contributed by atoms with E-state index < -0.39 is 5.82 Å². The number of methoxy groups -OCH3 is 1. The number of hydrogen-bond donors (Lipinski definition) is 0. The number of halogens is 3.